The Hall–Kier alpha value is -0.120. The van der Waals surface area contributed by atoms with Crippen molar-refractivity contribution in [2.45, 2.75) is 32.2 Å². The fourth-order valence-electron chi connectivity index (χ4n) is 1.54. The van der Waals surface area contributed by atoms with E-state index in [4.69, 9.17) is 10.5 Å². The van der Waals surface area contributed by atoms with Crippen LogP contribution < -0.4 is 5.73 Å². The quantitative estimate of drug-likeness (QED) is 0.571. The standard InChI is InChI=1S/C10H22N2O/c1-2-13-9-8-12(7-3-6-11)10-4-5-10/h10H,2-9,11H2,1H3. The van der Waals surface area contributed by atoms with Crippen LogP contribution in [0.25, 0.3) is 0 Å². The lowest BCUT2D eigenvalue weighted by atomic mass is 10.3. The van der Waals surface area contributed by atoms with Crippen molar-refractivity contribution in [3.8, 4) is 0 Å². The van der Waals surface area contributed by atoms with Crippen LogP contribution in [0.1, 0.15) is 26.2 Å². The molecule has 13 heavy (non-hydrogen) atoms. The number of rotatable bonds is 8. The van der Waals surface area contributed by atoms with Crippen LogP contribution in [0.3, 0.4) is 0 Å². The van der Waals surface area contributed by atoms with E-state index < -0.39 is 0 Å². The van der Waals surface area contributed by atoms with E-state index in [1.54, 1.807) is 0 Å². The Labute approximate surface area is 81.2 Å². The molecule has 3 nitrogen and oxygen atoms in total. The maximum absolute atomic E-state index is 5.49. The summed E-state index contributed by atoms with van der Waals surface area (Å²) in [6.45, 7) is 6.78. The monoisotopic (exact) mass is 186 g/mol. The van der Waals surface area contributed by atoms with E-state index in [9.17, 15) is 0 Å². The number of nitrogens with two attached hydrogens (primary N) is 1. The van der Waals surface area contributed by atoms with Crippen LogP contribution in [0.4, 0.5) is 0 Å². The van der Waals surface area contributed by atoms with E-state index in [2.05, 4.69) is 4.90 Å². The van der Waals surface area contributed by atoms with E-state index >= 15 is 0 Å². The second kappa shape index (κ2) is 6.35. The molecule has 0 amide bonds. The van der Waals surface area contributed by atoms with Crippen molar-refractivity contribution < 1.29 is 4.74 Å². The zero-order valence-corrected chi connectivity index (χ0v) is 8.67. The van der Waals surface area contributed by atoms with Gasteiger partial charge < -0.3 is 10.5 Å². The van der Waals surface area contributed by atoms with Crippen molar-refractivity contribution >= 4 is 0 Å². The third-order valence-electron chi connectivity index (χ3n) is 2.44. The van der Waals surface area contributed by atoms with E-state index in [0.717, 1.165) is 45.3 Å². The highest BCUT2D eigenvalue weighted by atomic mass is 16.5. The molecule has 0 saturated heterocycles. The fraction of sp³-hybridized carbons (Fsp3) is 1.00. The van der Waals surface area contributed by atoms with E-state index in [0.29, 0.717) is 0 Å². The lowest BCUT2D eigenvalue weighted by Gasteiger charge is -2.21. The molecule has 1 fully saturated rings. The van der Waals surface area contributed by atoms with Crippen molar-refractivity contribution in [3.05, 3.63) is 0 Å². The molecule has 2 N–H and O–H groups in total. The Kier molecular flexibility index (Phi) is 5.35. The Balaban J connectivity index is 2.06. The van der Waals surface area contributed by atoms with Gasteiger partial charge in [-0.2, -0.15) is 0 Å². The second-order valence-electron chi connectivity index (χ2n) is 3.61. The van der Waals surface area contributed by atoms with Crippen LogP contribution in [0.2, 0.25) is 0 Å². The van der Waals surface area contributed by atoms with Gasteiger partial charge >= 0.3 is 0 Å². The predicted octanol–water partition coefficient (Wildman–Crippen LogP) is 0.836. The molecule has 0 radical (unpaired) electrons. The largest absolute Gasteiger partial charge is 0.380 e. The SMILES string of the molecule is CCOCCN(CCCN)C1CC1. The molecular weight excluding hydrogens is 164 g/mol. The molecule has 0 bridgehead atoms. The van der Waals surface area contributed by atoms with Gasteiger partial charge in [-0.15, -0.1) is 0 Å². The van der Waals surface area contributed by atoms with Gasteiger partial charge in [-0.25, -0.2) is 0 Å². The first-order chi connectivity index (χ1) is 6.38. The molecule has 0 atom stereocenters. The number of ether oxygens (including phenoxy) is 1. The van der Waals surface area contributed by atoms with Gasteiger partial charge in [0.05, 0.1) is 6.61 Å². The summed E-state index contributed by atoms with van der Waals surface area (Å²) in [5.74, 6) is 0. The van der Waals surface area contributed by atoms with Crippen LogP contribution in [0.15, 0.2) is 0 Å². The van der Waals surface area contributed by atoms with Crippen LogP contribution in [0.5, 0.6) is 0 Å². The van der Waals surface area contributed by atoms with Crippen molar-refractivity contribution in [1.82, 2.24) is 4.90 Å². The summed E-state index contributed by atoms with van der Waals surface area (Å²) in [6, 6.07) is 0.840. The summed E-state index contributed by atoms with van der Waals surface area (Å²) in [6.07, 6.45) is 3.86. The highest BCUT2D eigenvalue weighted by Gasteiger charge is 2.27. The topological polar surface area (TPSA) is 38.5 Å². The molecule has 3 heteroatoms. The van der Waals surface area contributed by atoms with Crippen LogP contribution in [0, 0.1) is 0 Å². The maximum Gasteiger partial charge on any atom is 0.0593 e. The van der Waals surface area contributed by atoms with Crippen LogP contribution in [-0.4, -0.2) is 43.8 Å². The van der Waals surface area contributed by atoms with Gasteiger partial charge in [0, 0.05) is 19.2 Å². The molecule has 0 aliphatic heterocycles. The third-order valence-corrected chi connectivity index (χ3v) is 2.44. The molecule has 0 aromatic rings. The summed E-state index contributed by atoms with van der Waals surface area (Å²) in [5, 5.41) is 0. The van der Waals surface area contributed by atoms with Gasteiger partial charge in [-0.3, -0.25) is 4.90 Å². The Bertz CT molecular complexity index is 126. The highest BCUT2D eigenvalue weighted by molar-refractivity contribution is 4.84. The summed E-state index contributed by atoms with van der Waals surface area (Å²) in [4.78, 5) is 2.52. The zero-order chi connectivity index (χ0) is 9.52. The zero-order valence-electron chi connectivity index (χ0n) is 8.67. The van der Waals surface area contributed by atoms with Gasteiger partial charge in [-0.1, -0.05) is 0 Å². The van der Waals surface area contributed by atoms with Crippen molar-refractivity contribution in [3.63, 3.8) is 0 Å². The molecule has 1 saturated carbocycles. The molecule has 1 aliphatic rings. The highest BCUT2D eigenvalue weighted by Crippen LogP contribution is 2.26. The molecule has 78 valence electrons. The lowest BCUT2D eigenvalue weighted by molar-refractivity contribution is 0.110. The van der Waals surface area contributed by atoms with Crippen molar-refractivity contribution in [2.24, 2.45) is 5.73 Å². The average molecular weight is 186 g/mol. The molecule has 1 rings (SSSR count). The minimum absolute atomic E-state index is 0.803. The molecule has 0 unspecified atom stereocenters. The second-order valence-corrected chi connectivity index (χ2v) is 3.61. The first-order valence-electron chi connectivity index (χ1n) is 5.40. The van der Waals surface area contributed by atoms with Crippen LogP contribution in [-0.2, 0) is 4.74 Å². The maximum atomic E-state index is 5.49. The minimum atomic E-state index is 0.803. The number of hydrogen-bond acceptors (Lipinski definition) is 3. The van der Waals surface area contributed by atoms with E-state index in [1.165, 1.54) is 12.8 Å². The number of hydrogen-bond donors (Lipinski definition) is 1. The fourth-order valence-corrected chi connectivity index (χ4v) is 1.54. The summed E-state index contributed by atoms with van der Waals surface area (Å²) < 4.78 is 5.35. The molecular formula is C10H22N2O. The van der Waals surface area contributed by atoms with E-state index in [1.807, 2.05) is 6.92 Å². The third kappa shape index (κ3) is 4.60. The van der Waals surface area contributed by atoms with Gasteiger partial charge in [0.2, 0.25) is 0 Å². The smallest absolute Gasteiger partial charge is 0.0593 e. The van der Waals surface area contributed by atoms with Gasteiger partial charge in [0.25, 0.3) is 0 Å². The Morgan fingerprint density at radius 1 is 1.38 bits per heavy atom. The Morgan fingerprint density at radius 3 is 2.69 bits per heavy atom. The molecule has 1 aliphatic carbocycles. The molecule has 0 aromatic heterocycles. The molecule has 0 aromatic carbocycles. The Morgan fingerprint density at radius 2 is 2.15 bits per heavy atom. The first-order valence-corrected chi connectivity index (χ1v) is 5.40. The summed E-state index contributed by atoms with van der Waals surface area (Å²) in [7, 11) is 0. The van der Waals surface area contributed by atoms with Crippen molar-refractivity contribution in [1.29, 1.82) is 0 Å². The van der Waals surface area contributed by atoms with Crippen LogP contribution >= 0.6 is 0 Å². The predicted molar refractivity (Wildman–Crippen MR) is 54.8 cm³/mol. The normalized spacial score (nSPS) is 16.8. The molecule has 0 heterocycles. The average Bonchev–Trinajstić information content (AvgIpc) is 2.94. The summed E-state index contributed by atoms with van der Waals surface area (Å²) in [5.41, 5.74) is 5.49. The lowest BCUT2D eigenvalue weighted by Crippen LogP contribution is -2.31. The van der Waals surface area contributed by atoms with Gasteiger partial charge in [0.15, 0.2) is 0 Å². The summed E-state index contributed by atoms with van der Waals surface area (Å²) >= 11 is 0. The molecule has 0 spiro atoms. The van der Waals surface area contributed by atoms with Crippen molar-refractivity contribution in [2.75, 3.05) is 32.8 Å². The van der Waals surface area contributed by atoms with Gasteiger partial charge in [-0.05, 0) is 39.3 Å². The van der Waals surface area contributed by atoms with Gasteiger partial charge in [0.1, 0.15) is 0 Å². The van der Waals surface area contributed by atoms with E-state index in [-0.39, 0.29) is 0 Å². The minimum Gasteiger partial charge on any atom is -0.380 e. The first kappa shape index (κ1) is 11.0. The number of nitrogens with zero attached hydrogens (tertiary/aromatic N) is 1.